The molecule has 0 aliphatic rings. The number of carboxylic acids is 1. The molecule has 0 fully saturated rings. The molecule has 0 saturated carbocycles. The second-order valence-electron chi connectivity index (χ2n) is 3.63. The van der Waals surface area contributed by atoms with Gasteiger partial charge in [0.15, 0.2) is 0 Å². The Bertz CT molecular complexity index is 406. The van der Waals surface area contributed by atoms with Crippen molar-refractivity contribution in [2.45, 2.75) is 19.8 Å². The van der Waals surface area contributed by atoms with E-state index in [0.717, 1.165) is 6.07 Å². The van der Waals surface area contributed by atoms with Crippen LogP contribution in [0.15, 0.2) is 6.07 Å². The third kappa shape index (κ3) is 2.04. The highest BCUT2D eigenvalue weighted by Gasteiger charge is 2.25. The number of benzene rings is 1. The number of hydrogen-bond acceptors (Lipinski definition) is 2. The van der Waals surface area contributed by atoms with Gasteiger partial charge in [-0.2, -0.15) is 0 Å². The third-order valence-corrected chi connectivity index (χ3v) is 2.66. The first kappa shape index (κ1) is 12.6. The van der Waals surface area contributed by atoms with Crippen molar-refractivity contribution in [2.24, 2.45) is 5.73 Å². The molecule has 0 bridgehead atoms. The van der Waals surface area contributed by atoms with Crippen LogP contribution in [0, 0.1) is 25.5 Å². The highest BCUT2D eigenvalue weighted by molar-refractivity contribution is 5.77. The van der Waals surface area contributed by atoms with Gasteiger partial charge in [-0.15, -0.1) is 0 Å². The number of carboxylic acid groups (broad SMARTS) is 1. The summed E-state index contributed by atoms with van der Waals surface area (Å²) in [6.07, 6.45) is 0. The predicted octanol–water partition coefficient (Wildman–Crippen LogP) is 1.71. The number of nitrogens with two attached hydrogens (primary N) is 1. The van der Waals surface area contributed by atoms with Gasteiger partial charge in [-0.1, -0.05) is 0 Å². The van der Waals surface area contributed by atoms with E-state index in [1.54, 1.807) is 0 Å². The van der Waals surface area contributed by atoms with Crippen LogP contribution in [0.2, 0.25) is 0 Å². The molecule has 16 heavy (non-hydrogen) atoms. The maximum Gasteiger partial charge on any atom is 0.312 e. The summed E-state index contributed by atoms with van der Waals surface area (Å²) >= 11 is 0. The van der Waals surface area contributed by atoms with Gasteiger partial charge < -0.3 is 10.8 Å². The lowest BCUT2D eigenvalue weighted by atomic mass is 9.90. The Labute approximate surface area is 91.9 Å². The topological polar surface area (TPSA) is 63.3 Å². The summed E-state index contributed by atoms with van der Waals surface area (Å²) in [5.74, 6) is -3.76. The zero-order valence-electron chi connectivity index (χ0n) is 9.05. The minimum absolute atomic E-state index is 0.132. The van der Waals surface area contributed by atoms with Crippen LogP contribution in [-0.2, 0) is 4.79 Å². The molecule has 1 aromatic rings. The largest absolute Gasteiger partial charge is 0.481 e. The average Bonchev–Trinajstić information content (AvgIpc) is 2.21. The van der Waals surface area contributed by atoms with Crippen LogP contribution in [-0.4, -0.2) is 17.6 Å². The molecule has 1 atom stereocenters. The van der Waals surface area contributed by atoms with E-state index >= 15 is 0 Å². The van der Waals surface area contributed by atoms with Crippen LogP contribution in [0.4, 0.5) is 8.78 Å². The van der Waals surface area contributed by atoms with Crippen LogP contribution in [0.1, 0.15) is 22.6 Å². The van der Waals surface area contributed by atoms with Crippen molar-refractivity contribution in [1.29, 1.82) is 0 Å². The third-order valence-electron chi connectivity index (χ3n) is 2.66. The predicted molar refractivity (Wildman–Crippen MR) is 55.3 cm³/mol. The summed E-state index contributed by atoms with van der Waals surface area (Å²) in [6.45, 7) is 2.64. The average molecular weight is 229 g/mol. The van der Waals surface area contributed by atoms with Crippen molar-refractivity contribution >= 4 is 5.97 Å². The van der Waals surface area contributed by atoms with E-state index in [2.05, 4.69) is 0 Å². The highest BCUT2D eigenvalue weighted by Crippen LogP contribution is 2.27. The smallest absolute Gasteiger partial charge is 0.312 e. The van der Waals surface area contributed by atoms with Gasteiger partial charge in [-0.3, -0.25) is 4.79 Å². The lowest BCUT2D eigenvalue weighted by Crippen LogP contribution is -2.23. The van der Waals surface area contributed by atoms with Gasteiger partial charge in [-0.25, -0.2) is 8.78 Å². The Morgan fingerprint density at radius 2 is 1.81 bits per heavy atom. The first-order chi connectivity index (χ1) is 7.40. The van der Waals surface area contributed by atoms with Crippen LogP contribution in [0.3, 0.4) is 0 Å². The van der Waals surface area contributed by atoms with Gasteiger partial charge in [0.05, 0.1) is 5.92 Å². The Hall–Kier alpha value is -1.49. The van der Waals surface area contributed by atoms with Gasteiger partial charge in [0.25, 0.3) is 0 Å². The fourth-order valence-corrected chi connectivity index (χ4v) is 1.73. The van der Waals surface area contributed by atoms with Gasteiger partial charge in [0.2, 0.25) is 0 Å². The van der Waals surface area contributed by atoms with Gasteiger partial charge in [-0.05, 0) is 30.5 Å². The molecule has 1 aromatic carbocycles. The Morgan fingerprint density at radius 1 is 1.38 bits per heavy atom. The lowest BCUT2D eigenvalue weighted by Gasteiger charge is -2.17. The fraction of sp³-hybridized carbons (Fsp3) is 0.364. The van der Waals surface area contributed by atoms with E-state index in [4.69, 9.17) is 10.8 Å². The monoisotopic (exact) mass is 229 g/mol. The molecule has 0 spiro atoms. The summed E-state index contributed by atoms with van der Waals surface area (Å²) in [5, 5.41) is 8.93. The maximum atomic E-state index is 13.3. The van der Waals surface area contributed by atoms with Crippen molar-refractivity contribution in [3.8, 4) is 0 Å². The number of aliphatic carboxylic acids is 1. The molecule has 1 rings (SSSR count). The van der Waals surface area contributed by atoms with Crippen LogP contribution in [0.25, 0.3) is 0 Å². The molecule has 0 amide bonds. The number of halogens is 2. The highest BCUT2D eigenvalue weighted by atomic mass is 19.1. The van der Waals surface area contributed by atoms with Crippen molar-refractivity contribution in [1.82, 2.24) is 0 Å². The van der Waals surface area contributed by atoms with Crippen molar-refractivity contribution in [2.75, 3.05) is 6.54 Å². The molecule has 0 saturated heterocycles. The number of rotatable bonds is 3. The SMILES string of the molecule is Cc1c(F)cc(F)c(C)c1C(CN)C(=O)O. The zero-order valence-corrected chi connectivity index (χ0v) is 9.05. The van der Waals surface area contributed by atoms with Crippen molar-refractivity contribution in [3.05, 3.63) is 34.4 Å². The first-order valence-electron chi connectivity index (χ1n) is 4.78. The molecule has 5 heteroatoms. The van der Waals surface area contributed by atoms with Crippen molar-refractivity contribution < 1.29 is 18.7 Å². The summed E-state index contributed by atoms with van der Waals surface area (Å²) in [6, 6.07) is 0.754. The quantitative estimate of drug-likeness (QED) is 0.829. The van der Waals surface area contributed by atoms with Crippen LogP contribution < -0.4 is 5.73 Å². The summed E-state index contributed by atoms with van der Waals surface area (Å²) in [5.41, 5.74) is 5.72. The Kier molecular flexibility index (Phi) is 3.59. The van der Waals surface area contributed by atoms with E-state index in [-0.39, 0.29) is 23.2 Å². The van der Waals surface area contributed by atoms with Gasteiger partial charge in [0.1, 0.15) is 11.6 Å². The molecule has 0 heterocycles. The Balaban J connectivity index is 3.47. The fourth-order valence-electron chi connectivity index (χ4n) is 1.73. The molecule has 3 nitrogen and oxygen atoms in total. The van der Waals surface area contributed by atoms with Crippen LogP contribution >= 0.6 is 0 Å². The molecule has 1 unspecified atom stereocenters. The molecule has 0 aromatic heterocycles. The standard InChI is InChI=1S/C11H13F2NO2/c1-5-8(12)3-9(13)6(2)10(5)7(4-14)11(15)16/h3,7H,4,14H2,1-2H3,(H,15,16). The molecular formula is C11H13F2NO2. The van der Waals surface area contributed by atoms with E-state index in [9.17, 15) is 13.6 Å². The minimum Gasteiger partial charge on any atom is -0.481 e. The first-order valence-corrected chi connectivity index (χ1v) is 4.78. The maximum absolute atomic E-state index is 13.3. The molecule has 3 N–H and O–H groups in total. The molecule has 88 valence electrons. The minimum atomic E-state index is -1.18. The second kappa shape index (κ2) is 4.57. The molecule has 0 aliphatic heterocycles. The number of carbonyl (C=O) groups is 1. The van der Waals surface area contributed by atoms with E-state index in [1.807, 2.05) is 0 Å². The zero-order chi connectivity index (χ0) is 12.5. The summed E-state index contributed by atoms with van der Waals surface area (Å²) < 4.78 is 26.6. The second-order valence-corrected chi connectivity index (χ2v) is 3.63. The molecule has 0 radical (unpaired) electrons. The Morgan fingerprint density at radius 3 is 2.12 bits per heavy atom. The normalized spacial score (nSPS) is 12.6. The van der Waals surface area contributed by atoms with E-state index < -0.39 is 23.5 Å². The summed E-state index contributed by atoms with van der Waals surface area (Å²) in [7, 11) is 0. The summed E-state index contributed by atoms with van der Waals surface area (Å²) in [4.78, 5) is 10.9. The molecular weight excluding hydrogens is 216 g/mol. The molecule has 0 aliphatic carbocycles. The van der Waals surface area contributed by atoms with E-state index in [1.165, 1.54) is 13.8 Å². The van der Waals surface area contributed by atoms with Gasteiger partial charge >= 0.3 is 5.97 Å². The van der Waals surface area contributed by atoms with Crippen LogP contribution in [0.5, 0.6) is 0 Å². The lowest BCUT2D eigenvalue weighted by molar-refractivity contribution is -0.138. The van der Waals surface area contributed by atoms with Gasteiger partial charge in [0, 0.05) is 12.6 Å². The number of hydrogen-bond donors (Lipinski definition) is 2. The van der Waals surface area contributed by atoms with Crippen molar-refractivity contribution in [3.63, 3.8) is 0 Å². The van der Waals surface area contributed by atoms with E-state index in [0.29, 0.717) is 0 Å².